The largest absolute Gasteiger partial charge is 0.508 e. The van der Waals surface area contributed by atoms with Crippen molar-refractivity contribution in [3.63, 3.8) is 0 Å². The van der Waals surface area contributed by atoms with E-state index in [4.69, 9.17) is 4.74 Å². The fourth-order valence-corrected chi connectivity index (χ4v) is 5.21. The van der Waals surface area contributed by atoms with Crippen molar-refractivity contribution < 1.29 is 14.6 Å². The Bertz CT molecular complexity index is 782. The van der Waals surface area contributed by atoms with Gasteiger partial charge in [-0.05, 0) is 41.4 Å². The van der Waals surface area contributed by atoms with Gasteiger partial charge in [0.1, 0.15) is 5.75 Å². The number of esters is 1. The number of rotatable bonds is 19. The standard InChI is InChI=1S/C35H62O3/c1-9-10-11-12-13-14-15-16-17-18-19-20-21-22-23-24-25-38-33(37)28(2)32-30(35(6,7)8)26-29(27-31(32)36)34(3,4)5/h26-28,36H,9-25H2,1-8H3. The maximum absolute atomic E-state index is 12.9. The molecule has 1 atom stereocenters. The van der Waals surface area contributed by atoms with E-state index in [2.05, 4.69) is 54.5 Å². The minimum atomic E-state index is -0.487. The van der Waals surface area contributed by atoms with Gasteiger partial charge in [-0.2, -0.15) is 0 Å². The highest BCUT2D eigenvalue weighted by Crippen LogP contribution is 2.40. The van der Waals surface area contributed by atoms with E-state index in [1.54, 1.807) is 0 Å². The Balaban J connectivity index is 2.26. The molecule has 1 aromatic carbocycles. The van der Waals surface area contributed by atoms with E-state index in [1.807, 2.05) is 13.0 Å². The van der Waals surface area contributed by atoms with Crippen molar-refractivity contribution in [3.05, 3.63) is 28.8 Å². The van der Waals surface area contributed by atoms with Gasteiger partial charge in [-0.25, -0.2) is 0 Å². The molecule has 0 saturated carbocycles. The van der Waals surface area contributed by atoms with Crippen molar-refractivity contribution in [3.8, 4) is 5.75 Å². The van der Waals surface area contributed by atoms with Crippen molar-refractivity contribution in [2.45, 2.75) is 175 Å². The molecule has 38 heavy (non-hydrogen) atoms. The number of carbonyl (C=O) groups is 1. The van der Waals surface area contributed by atoms with Gasteiger partial charge in [-0.15, -0.1) is 0 Å². The molecule has 0 bridgehead atoms. The van der Waals surface area contributed by atoms with Gasteiger partial charge in [0.05, 0.1) is 12.5 Å². The third kappa shape index (κ3) is 13.5. The molecule has 0 aliphatic rings. The first-order valence-corrected chi connectivity index (χ1v) is 15.9. The predicted molar refractivity (Wildman–Crippen MR) is 164 cm³/mol. The molecule has 1 aromatic rings. The van der Waals surface area contributed by atoms with Gasteiger partial charge in [0.25, 0.3) is 0 Å². The lowest BCUT2D eigenvalue weighted by atomic mass is 9.76. The summed E-state index contributed by atoms with van der Waals surface area (Å²) >= 11 is 0. The van der Waals surface area contributed by atoms with Crippen LogP contribution in [0.25, 0.3) is 0 Å². The molecule has 0 aliphatic carbocycles. The summed E-state index contributed by atoms with van der Waals surface area (Å²) in [7, 11) is 0. The lowest BCUT2D eigenvalue weighted by molar-refractivity contribution is -0.145. The monoisotopic (exact) mass is 530 g/mol. The molecule has 1 unspecified atom stereocenters. The van der Waals surface area contributed by atoms with E-state index in [0.29, 0.717) is 12.2 Å². The molecule has 1 rings (SSSR count). The van der Waals surface area contributed by atoms with Gasteiger partial charge < -0.3 is 9.84 Å². The summed E-state index contributed by atoms with van der Waals surface area (Å²) < 4.78 is 5.65. The number of hydrogen-bond donors (Lipinski definition) is 1. The number of phenolic OH excluding ortho intramolecular Hbond substituents is 1. The zero-order chi connectivity index (χ0) is 28.6. The summed E-state index contributed by atoms with van der Waals surface area (Å²) in [4.78, 5) is 12.9. The van der Waals surface area contributed by atoms with Gasteiger partial charge in [-0.3, -0.25) is 4.79 Å². The maximum Gasteiger partial charge on any atom is 0.313 e. The molecule has 1 N–H and O–H groups in total. The molecule has 0 amide bonds. The number of ether oxygens (including phenoxy) is 1. The van der Waals surface area contributed by atoms with Crippen molar-refractivity contribution in [2.24, 2.45) is 0 Å². The van der Waals surface area contributed by atoms with E-state index in [0.717, 1.165) is 24.0 Å². The molecule has 3 heteroatoms. The highest BCUT2D eigenvalue weighted by atomic mass is 16.5. The molecule has 220 valence electrons. The predicted octanol–water partition coefficient (Wildman–Crippen LogP) is 10.9. The SMILES string of the molecule is CCCCCCCCCCCCCCCCCCOC(=O)C(C)c1c(O)cc(C(C)(C)C)cc1C(C)(C)C. The highest BCUT2D eigenvalue weighted by molar-refractivity contribution is 5.79. The van der Waals surface area contributed by atoms with Gasteiger partial charge in [0, 0.05) is 5.56 Å². The minimum Gasteiger partial charge on any atom is -0.508 e. The third-order valence-electron chi connectivity index (χ3n) is 7.86. The Morgan fingerprint density at radius 1 is 0.711 bits per heavy atom. The van der Waals surface area contributed by atoms with Crippen LogP contribution in [0.5, 0.6) is 5.75 Å². The zero-order valence-corrected chi connectivity index (χ0v) is 26.5. The van der Waals surface area contributed by atoms with E-state index in [-0.39, 0.29) is 22.5 Å². The van der Waals surface area contributed by atoms with Crippen LogP contribution in [-0.4, -0.2) is 17.7 Å². The number of carbonyl (C=O) groups excluding carboxylic acids is 1. The van der Waals surface area contributed by atoms with E-state index in [1.165, 1.54) is 89.9 Å². The molecular weight excluding hydrogens is 468 g/mol. The normalized spacial score (nSPS) is 13.1. The molecule has 0 fully saturated rings. The Kier molecular flexibility index (Phi) is 16.3. The first-order valence-electron chi connectivity index (χ1n) is 15.9. The first kappa shape index (κ1) is 34.5. The number of aromatic hydroxyl groups is 1. The number of phenols is 1. The molecule has 3 nitrogen and oxygen atoms in total. The average molecular weight is 531 g/mol. The van der Waals surface area contributed by atoms with Gasteiger partial charge >= 0.3 is 5.97 Å². The quantitative estimate of drug-likeness (QED) is 0.143. The maximum atomic E-state index is 12.9. The van der Waals surface area contributed by atoms with E-state index >= 15 is 0 Å². The van der Waals surface area contributed by atoms with Gasteiger partial charge in [0.15, 0.2) is 0 Å². The zero-order valence-electron chi connectivity index (χ0n) is 26.5. The summed E-state index contributed by atoms with van der Waals surface area (Å²) in [5, 5.41) is 10.9. The van der Waals surface area contributed by atoms with Crippen molar-refractivity contribution in [1.82, 2.24) is 0 Å². The van der Waals surface area contributed by atoms with Crippen LogP contribution in [0.3, 0.4) is 0 Å². The molecule has 0 radical (unpaired) electrons. The van der Waals surface area contributed by atoms with Crippen LogP contribution in [0, 0.1) is 0 Å². The number of hydrogen-bond acceptors (Lipinski definition) is 3. The Hall–Kier alpha value is -1.51. The van der Waals surface area contributed by atoms with Crippen molar-refractivity contribution >= 4 is 5.97 Å². The van der Waals surface area contributed by atoms with E-state index < -0.39 is 5.92 Å². The Morgan fingerprint density at radius 3 is 1.53 bits per heavy atom. The lowest BCUT2D eigenvalue weighted by Gasteiger charge is -2.30. The van der Waals surface area contributed by atoms with Crippen LogP contribution < -0.4 is 0 Å². The third-order valence-corrected chi connectivity index (χ3v) is 7.86. The second-order valence-corrected chi connectivity index (χ2v) is 13.6. The first-order chi connectivity index (χ1) is 17.9. The van der Waals surface area contributed by atoms with Crippen LogP contribution in [0.15, 0.2) is 12.1 Å². The van der Waals surface area contributed by atoms with Crippen LogP contribution in [-0.2, 0) is 20.4 Å². The van der Waals surface area contributed by atoms with Crippen LogP contribution in [0.2, 0.25) is 0 Å². The summed E-state index contributed by atoms with van der Waals surface area (Å²) in [5.74, 6) is -0.524. The van der Waals surface area contributed by atoms with Gasteiger partial charge in [-0.1, -0.05) is 151 Å². The molecule has 0 saturated heterocycles. The van der Waals surface area contributed by atoms with E-state index in [9.17, 15) is 9.90 Å². The van der Waals surface area contributed by atoms with Crippen LogP contribution in [0.1, 0.15) is 181 Å². The highest BCUT2D eigenvalue weighted by Gasteiger charge is 2.30. The Labute approximate surface area is 236 Å². The van der Waals surface area contributed by atoms with Gasteiger partial charge in [0.2, 0.25) is 0 Å². The lowest BCUT2D eigenvalue weighted by Crippen LogP contribution is -2.22. The van der Waals surface area contributed by atoms with Crippen LogP contribution >= 0.6 is 0 Å². The second kappa shape index (κ2) is 18.0. The molecule has 0 aliphatic heterocycles. The van der Waals surface area contributed by atoms with Crippen molar-refractivity contribution in [1.29, 1.82) is 0 Å². The summed E-state index contributed by atoms with van der Waals surface area (Å²) in [6, 6.07) is 3.98. The average Bonchev–Trinajstić information content (AvgIpc) is 2.83. The Morgan fingerprint density at radius 2 is 1.13 bits per heavy atom. The minimum absolute atomic E-state index is 0.0764. The number of benzene rings is 1. The van der Waals surface area contributed by atoms with Crippen molar-refractivity contribution in [2.75, 3.05) is 6.61 Å². The second-order valence-electron chi connectivity index (χ2n) is 13.6. The summed E-state index contributed by atoms with van der Waals surface area (Å²) in [6.45, 7) is 17.4. The summed E-state index contributed by atoms with van der Waals surface area (Å²) in [5.41, 5.74) is 2.55. The molecule has 0 heterocycles. The molecular formula is C35H62O3. The van der Waals surface area contributed by atoms with Crippen LogP contribution in [0.4, 0.5) is 0 Å². The molecule has 0 spiro atoms. The molecule has 0 aromatic heterocycles. The fourth-order valence-electron chi connectivity index (χ4n) is 5.21. The fraction of sp³-hybridized carbons (Fsp3) is 0.800. The summed E-state index contributed by atoms with van der Waals surface area (Å²) in [6.07, 6.45) is 21.3. The number of unbranched alkanes of at least 4 members (excludes halogenated alkanes) is 15. The smallest absolute Gasteiger partial charge is 0.313 e. The topological polar surface area (TPSA) is 46.5 Å².